The average molecular weight is 444 g/mol. The highest BCUT2D eigenvalue weighted by Gasteiger charge is 2.28. The van der Waals surface area contributed by atoms with E-state index in [0.29, 0.717) is 34.6 Å². The Morgan fingerprint density at radius 1 is 1.03 bits per heavy atom. The summed E-state index contributed by atoms with van der Waals surface area (Å²) in [4.78, 5) is 31.8. The number of hydrogen-bond acceptors (Lipinski definition) is 7. The van der Waals surface area contributed by atoms with E-state index in [1.807, 2.05) is 36.5 Å². The lowest BCUT2D eigenvalue weighted by molar-refractivity contribution is -0.114. The van der Waals surface area contributed by atoms with Gasteiger partial charge >= 0.3 is 0 Å². The van der Waals surface area contributed by atoms with E-state index >= 15 is 0 Å². The van der Waals surface area contributed by atoms with Gasteiger partial charge in [0.25, 0.3) is 11.8 Å². The van der Waals surface area contributed by atoms with Crippen molar-refractivity contribution < 1.29 is 14.0 Å². The van der Waals surface area contributed by atoms with Gasteiger partial charge in [0.05, 0.1) is 30.0 Å². The third-order valence-electron chi connectivity index (χ3n) is 5.92. The first-order valence-electron chi connectivity index (χ1n) is 10.9. The van der Waals surface area contributed by atoms with Crippen LogP contribution in [0.15, 0.2) is 65.7 Å². The lowest BCUT2D eigenvalue weighted by Crippen LogP contribution is -2.54. The van der Waals surface area contributed by atoms with Crippen LogP contribution in [0.4, 0.5) is 11.5 Å². The molecule has 5 rings (SSSR count). The molecule has 3 aromatic rings. The molecule has 33 heavy (non-hydrogen) atoms. The molecule has 1 aromatic carbocycles. The molecular weight excluding hydrogens is 418 g/mol. The molecule has 2 amide bonds. The van der Waals surface area contributed by atoms with Crippen molar-refractivity contribution in [3.8, 4) is 11.1 Å². The number of pyridine rings is 1. The van der Waals surface area contributed by atoms with Crippen LogP contribution in [-0.4, -0.2) is 42.0 Å². The zero-order valence-electron chi connectivity index (χ0n) is 18.5. The Labute approximate surface area is 191 Å². The Balaban J connectivity index is 1.39. The highest BCUT2D eigenvalue weighted by atomic mass is 16.3. The molecule has 0 bridgehead atoms. The Morgan fingerprint density at radius 2 is 1.85 bits per heavy atom. The monoisotopic (exact) mass is 443 g/mol. The summed E-state index contributed by atoms with van der Waals surface area (Å²) in [5.41, 5.74) is 4.17. The molecule has 2 aliphatic heterocycles. The van der Waals surface area contributed by atoms with Crippen molar-refractivity contribution in [1.82, 2.24) is 15.6 Å². The van der Waals surface area contributed by atoms with Gasteiger partial charge in [-0.2, -0.15) is 0 Å². The molecule has 168 valence electrons. The molecule has 0 spiro atoms. The molecule has 8 heteroatoms. The number of aromatic nitrogens is 1. The molecule has 2 atom stereocenters. The first kappa shape index (κ1) is 21.0. The Hall–Kier alpha value is -3.91. The fourth-order valence-electron chi connectivity index (χ4n) is 4.42. The minimum Gasteiger partial charge on any atom is -0.472 e. The van der Waals surface area contributed by atoms with E-state index in [0.717, 1.165) is 29.9 Å². The van der Waals surface area contributed by atoms with E-state index in [4.69, 9.17) is 4.42 Å². The molecule has 2 aliphatic rings. The highest BCUT2D eigenvalue weighted by molar-refractivity contribution is 6.31. The predicted molar refractivity (Wildman–Crippen MR) is 127 cm³/mol. The second kappa shape index (κ2) is 8.55. The van der Waals surface area contributed by atoms with Crippen LogP contribution in [0.25, 0.3) is 16.7 Å². The molecule has 0 aliphatic carbocycles. The summed E-state index contributed by atoms with van der Waals surface area (Å²) in [6.07, 6.45) is 6.64. The van der Waals surface area contributed by atoms with Crippen molar-refractivity contribution in [2.45, 2.75) is 25.9 Å². The number of imide groups is 1. The number of furan rings is 1. The number of amides is 2. The fourth-order valence-corrected chi connectivity index (χ4v) is 4.42. The Bertz CT molecular complexity index is 1210. The smallest absolute Gasteiger partial charge is 0.260 e. The standard InChI is InChI=1S/C25H25N5O3/c1-15-12-30(13-16(2)28-15)19-4-6-23(26-10-19)27-11-22-21-9-17(18-7-8-33-14-18)3-5-20(21)24(31)29-25(22)32/h3-11,14-16,28H,12-13H2,1-2H3,(H,26,27)(H,29,31,32)/b22-11-/t15-,16+. The van der Waals surface area contributed by atoms with Gasteiger partial charge < -0.3 is 20.0 Å². The first-order valence-corrected chi connectivity index (χ1v) is 10.9. The molecule has 0 saturated carbocycles. The maximum atomic E-state index is 12.6. The summed E-state index contributed by atoms with van der Waals surface area (Å²) >= 11 is 0. The van der Waals surface area contributed by atoms with E-state index in [1.54, 1.807) is 24.8 Å². The first-order chi connectivity index (χ1) is 16.0. The number of hydrogen-bond donors (Lipinski definition) is 3. The van der Waals surface area contributed by atoms with Crippen LogP contribution in [0.5, 0.6) is 0 Å². The fraction of sp³-hybridized carbons (Fsp3) is 0.240. The number of piperazine rings is 1. The van der Waals surface area contributed by atoms with Crippen LogP contribution in [0.3, 0.4) is 0 Å². The number of carbonyl (C=O) groups is 2. The van der Waals surface area contributed by atoms with Gasteiger partial charge in [-0.15, -0.1) is 0 Å². The van der Waals surface area contributed by atoms with E-state index in [2.05, 4.69) is 39.7 Å². The Morgan fingerprint density at radius 3 is 2.55 bits per heavy atom. The quantitative estimate of drug-likeness (QED) is 0.420. The number of carbonyl (C=O) groups excluding carboxylic acids is 2. The summed E-state index contributed by atoms with van der Waals surface area (Å²) in [6.45, 7) is 6.20. The number of fused-ring (bicyclic) bond motifs is 1. The molecule has 8 nitrogen and oxygen atoms in total. The summed E-state index contributed by atoms with van der Waals surface area (Å²) < 4.78 is 5.16. The van der Waals surface area contributed by atoms with Crippen molar-refractivity contribution >= 4 is 28.9 Å². The summed E-state index contributed by atoms with van der Waals surface area (Å²) in [5, 5.41) is 9.03. The van der Waals surface area contributed by atoms with Gasteiger partial charge in [0.15, 0.2) is 0 Å². The van der Waals surface area contributed by atoms with Crippen LogP contribution in [0.1, 0.15) is 29.8 Å². The van der Waals surface area contributed by atoms with E-state index in [-0.39, 0.29) is 0 Å². The molecule has 1 saturated heterocycles. The van der Waals surface area contributed by atoms with Crippen LogP contribution in [-0.2, 0) is 4.79 Å². The third-order valence-corrected chi connectivity index (χ3v) is 5.92. The highest BCUT2D eigenvalue weighted by Crippen LogP contribution is 2.30. The van der Waals surface area contributed by atoms with E-state index in [1.165, 1.54) is 0 Å². The van der Waals surface area contributed by atoms with Crippen molar-refractivity contribution in [2.24, 2.45) is 0 Å². The zero-order valence-corrected chi connectivity index (χ0v) is 18.5. The van der Waals surface area contributed by atoms with Crippen molar-refractivity contribution in [1.29, 1.82) is 0 Å². The third kappa shape index (κ3) is 4.25. The predicted octanol–water partition coefficient (Wildman–Crippen LogP) is 3.25. The summed E-state index contributed by atoms with van der Waals surface area (Å²) in [7, 11) is 0. The van der Waals surface area contributed by atoms with Crippen LogP contribution < -0.4 is 20.9 Å². The van der Waals surface area contributed by atoms with Gasteiger partial charge in [-0.25, -0.2) is 4.98 Å². The number of anilines is 2. The second-order valence-corrected chi connectivity index (χ2v) is 8.53. The molecule has 0 unspecified atom stereocenters. The summed E-state index contributed by atoms with van der Waals surface area (Å²) in [5.74, 6) is -0.252. The number of nitrogens with zero attached hydrogens (tertiary/aromatic N) is 2. The maximum absolute atomic E-state index is 12.6. The molecule has 3 N–H and O–H groups in total. The van der Waals surface area contributed by atoms with Crippen molar-refractivity contribution in [2.75, 3.05) is 23.3 Å². The van der Waals surface area contributed by atoms with Gasteiger partial charge in [-0.3, -0.25) is 14.9 Å². The van der Waals surface area contributed by atoms with Gasteiger partial charge in [0.1, 0.15) is 5.82 Å². The summed E-state index contributed by atoms with van der Waals surface area (Å²) in [6, 6.07) is 11.9. The largest absolute Gasteiger partial charge is 0.472 e. The topological polar surface area (TPSA) is 99.5 Å². The van der Waals surface area contributed by atoms with Crippen molar-refractivity contribution in [3.63, 3.8) is 0 Å². The van der Waals surface area contributed by atoms with Gasteiger partial charge in [-0.05, 0) is 49.7 Å². The van der Waals surface area contributed by atoms with Crippen LogP contribution >= 0.6 is 0 Å². The molecular formula is C25H25N5O3. The number of benzene rings is 1. The zero-order chi connectivity index (χ0) is 22.9. The number of rotatable bonds is 4. The minimum atomic E-state index is -0.454. The number of nitrogens with one attached hydrogen (secondary N) is 3. The van der Waals surface area contributed by atoms with Gasteiger partial charge in [0, 0.05) is 48.1 Å². The lowest BCUT2D eigenvalue weighted by atomic mass is 9.92. The van der Waals surface area contributed by atoms with E-state index < -0.39 is 11.8 Å². The normalized spacial score (nSPS) is 21.6. The van der Waals surface area contributed by atoms with Gasteiger partial charge in [-0.1, -0.05) is 6.07 Å². The van der Waals surface area contributed by atoms with E-state index in [9.17, 15) is 9.59 Å². The lowest BCUT2D eigenvalue weighted by Gasteiger charge is -2.37. The maximum Gasteiger partial charge on any atom is 0.260 e. The van der Waals surface area contributed by atoms with Crippen molar-refractivity contribution in [3.05, 3.63) is 72.4 Å². The van der Waals surface area contributed by atoms with Crippen LogP contribution in [0, 0.1) is 0 Å². The molecule has 2 aromatic heterocycles. The second-order valence-electron chi connectivity index (χ2n) is 8.53. The molecule has 0 radical (unpaired) electrons. The van der Waals surface area contributed by atoms with Gasteiger partial charge in [0.2, 0.25) is 0 Å². The average Bonchev–Trinajstić information content (AvgIpc) is 3.33. The molecule has 1 fully saturated rings. The SMILES string of the molecule is C[C@@H]1CN(c2ccc(N/C=C3\C(=O)NC(=O)c4ccc(-c5ccoc5)cc43)nc2)C[C@H](C)N1. The molecule has 4 heterocycles. The Kier molecular flexibility index (Phi) is 5.43. The minimum absolute atomic E-state index is 0.366. The van der Waals surface area contributed by atoms with Crippen LogP contribution in [0.2, 0.25) is 0 Å².